The minimum absolute atomic E-state index is 0.0406. The Hall–Kier alpha value is -7.79. The van der Waals surface area contributed by atoms with Crippen LogP contribution in [-0.2, 0) is 0 Å². The van der Waals surface area contributed by atoms with Gasteiger partial charge in [-0.2, -0.15) is 0 Å². The Morgan fingerprint density at radius 1 is 0.308 bits per heavy atom. The molecular formula is C60H38BGeN3. The van der Waals surface area contributed by atoms with Crippen LogP contribution in [0.3, 0.4) is 0 Å². The summed E-state index contributed by atoms with van der Waals surface area (Å²) < 4.78 is 8.59. The standard InChI is InChI=1S/C60H38BGeN3/c1-3-18-39(19-4-1)63-56-31-16-11-26-48(56)61-49-37-47-43-23-8-13-28-51(43)62(53(47)38-59(49)64(40-20-5-2-6-21-40)58-33-17-32-57(63)60(58)61)50-27-12-7-22-42(50)44-35-34-41(36-52(44)62)65-54-29-14-9-24-45(54)46-25-10-15-30-55(46)65/h1-38H. The molecule has 0 fully saturated rings. The molecule has 5 heteroatoms. The number of aromatic nitrogens is 1. The van der Waals surface area contributed by atoms with E-state index in [0.29, 0.717) is 0 Å². The van der Waals surface area contributed by atoms with Crippen molar-refractivity contribution < 1.29 is 0 Å². The van der Waals surface area contributed by atoms with Crippen molar-refractivity contribution in [1.29, 1.82) is 0 Å². The topological polar surface area (TPSA) is 11.4 Å². The van der Waals surface area contributed by atoms with Crippen LogP contribution in [0.15, 0.2) is 231 Å². The zero-order valence-electron chi connectivity index (χ0n) is 35.4. The summed E-state index contributed by atoms with van der Waals surface area (Å²) >= 11 is -3.74. The second-order valence-corrected chi connectivity index (χ2v) is 25.6. The molecule has 5 heterocycles. The fraction of sp³-hybridized carbons (Fsp3) is 0. The number of fused-ring (bicyclic) bond motifs is 17. The fourth-order valence-corrected chi connectivity index (χ4v) is 24.4. The van der Waals surface area contributed by atoms with E-state index in [2.05, 4.69) is 245 Å². The molecule has 4 aliphatic rings. The van der Waals surface area contributed by atoms with Crippen LogP contribution in [-0.4, -0.2) is 24.5 Å². The van der Waals surface area contributed by atoms with Crippen molar-refractivity contribution in [2.24, 2.45) is 0 Å². The van der Waals surface area contributed by atoms with Crippen molar-refractivity contribution in [1.82, 2.24) is 4.57 Å². The maximum absolute atomic E-state index is 3.74. The number of hydrogen-bond donors (Lipinski definition) is 0. The molecule has 65 heavy (non-hydrogen) atoms. The Kier molecular flexibility index (Phi) is 7.20. The normalized spacial score (nSPS) is 15.7. The van der Waals surface area contributed by atoms with Crippen LogP contribution in [0.4, 0.5) is 34.1 Å². The van der Waals surface area contributed by atoms with Gasteiger partial charge in [-0.1, -0.05) is 0 Å². The van der Waals surface area contributed by atoms with Gasteiger partial charge in [-0.25, -0.2) is 0 Å². The third-order valence-corrected chi connectivity index (χ3v) is 25.3. The molecule has 0 aliphatic carbocycles. The quantitative estimate of drug-likeness (QED) is 0.164. The molecule has 4 aliphatic heterocycles. The van der Waals surface area contributed by atoms with E-state index in [1.807, 2.05) is 0 Å². The van der Waals surface area contributed by atoms with Gasteiger partial charge in [0.1, 0.15) is 0 Å². The van der Waals surface area contributed by atoms with Crippen LogP contribution < -0.4 is 43.8 Å². The first-order chi connectivity index (χ1) is 32.3. The summed E-state index contributed by atoms with van der Waals surface area (Å²) in [6.45, 7) is 0.0406. The Labute approximate surface area is 380 Å². The molecule has 1 spiro atoms. The van der Waals surface area contributed by atoms with Crippen LogP contribution in [0.5, 0.6) is 0 Å². The number of benzene rings is 10. The van der Waals surface area contributed by atoms with E-state index in [1.54, 1.807) is 0 Å². The van der Waals surface area contributed by atoms with Crippen molar-refractivity contribution in [3.63, 3.8) is 0 Å². The minimum atomic E-state index is -3.74. The number of nitrogens with zero attached hydrogens (tertiary/aromatic N) is 3. The summed E-state index contributed by atoms with van der Waals surface area (Å²) in [6, 6.07) is 87.4. The van der Waals surface area contributed by atoms with Crippen molar-refractivity contribution in [2.75, 3.05) is 9.80 Å². The van der Waals surface area contributed by atoms with E-state index in [9.17, 15) is 0 Å². The van der Waals surface area contributed by atoms with Gasteiger partial charge in [0.05, 0.1) is 0 Å². The van der Waals surface area contributed by atoms with Crippen LogP contribution in [0.2, 0.25) is 0 Å². The number of rotatable bonds is 3. The molecule has 0 saturated carbocycles. The van der Waals surface area contributed by atoms with Crippen molar-refractivity contribution in [3.8, 4) is 27.9 Å². The molecule has 10 aromatic carbocycles. The summed E-state index contributed by atoms with van der Waals surface area (Å²) in [6.07, 6.45) is 0. The van der Waals surface area contributed by atoms with Crippen LogP contribution in [0.1, 0.15) is 0 Å². The first-order valence-corrected chi connectivity index (χ1v) is 26.9. The SMILES string of the molecule is c1ccc(N2c3ccccc3B3c4cc5[c](cc4N(c4ccccc4)c4cccc2c43)[Ge]2([c]3ccccc3-c3ccc(-n4c6ccccc6c6ccccc64)c[c]32)[c]2ccccc2-5)cc1. The van der Waals surface area contributed by atoms with Gasteiger partial charge in [0.25, 0.3) is 0 Å². The average Bonchev–Trinajstić information content (AvgIpc) is 3.97. The van der Waals surface area contributed by atoms with E-state index in [1.165, 1.54) is 118 Å². The first kappa shape index (κ1) is 35.6. The predicted molar refractivity (Wildman–Crippen MR) is 276 cm³/mol. The monoisotopic (exact) mass is 885 g/mol. The Morgan fingerprint density at radius 2 is 0.815 bits per heavy atom. The number of anilines is 6. The summed E-state index contributed by atoms with van der Waals surface area (Å²) in [5.74, 6) is 0. The molecule has 1 atom stereocenters. The van der Waals surface area contributed by atoms with Gasteiger partial charge in [-0.3, -0.25) is 0 Å². The van der Waals surface area contributed by atoms with E-state index in [0.717, 1.165) is 0 Å². The van der Waals surface area contributed by atoms with Gasteiger partial charge < -0.3 is 0 Å². The van der Waals surface area contributed by atoms with Gasteiger partial charge in [0, 0.05) is 0 Å². The molecule has 1 unspecified atom stereocenters. The van der Waals surface area contributed by atoms with E-state index in [-0.39, 0.29) is 6.71 Å². The van der Waals surface area contributed by atoms with Gasteiger partial charge >= 0.3 is 383 Å². The molecule has 0 bridgehead atoms. The van der Waals surface area contributed by atoms with Crippen LogP contribution in [0, 0.1) is 0 Å². The number of para-hydroxylation sites is 5. The molecule has 1 aromatic heterocycles. The summed E-state index contributed by atoms with van der Waals surface area (Å²) in [5.41, 5.74) is 20.6. The Bertz CT molecular complexity index is 3770. The van der Waals surface area contributed by atoms with Crippen molar-refractivity contribution in [2.45, 2.75) is 0 Å². The maximum atomic E-state index is 2.68. The first-order valence-electron chi connectivity index (χ1n) is 22.7. The number of hydrogen-bond acceptors (Lipinski definition) is 2. The van der Waals surface area contributed by atoms with E-state index >= 15 is 0 Å². The molecule has 0 radical (unpaired) electrons. The molecule has 3 nitrogen and oxygen atoms in total. The predicted octanol–water partition coefficient (Wildman–Crippen LogP) is 10.2. The molecule has 300 valence electrons. The van der Waals surface area contributed by atoms with Gasteiger partial charge in [-0.05, 0) is 0 Å². The van der Waals surface area contributed by atoms with E-state index < -0.39 is 13.3 Å². The zero-order valence-corrected chi connectivity index (χ0v) is 37.5. The average molecular weight is 884 g/mol. The molecule has 0 saturated heterocycles. The molecule has 15 rings (SSSR count). The molecule has 0 N–H and O–H groups in total. The molecule has 11 aromatic rings. The summed E-state index contributed by atoms with van der Waals surface area (Å²) in [5, 5.41) is 2.57. The van der Waals surface area contributed by atoms with Gasteiger partial charge in [-0.15, -0.1) is 0 Å². The van der Waals surface area contributed by atoms with Gasteiger partial charge in [0.2, 0.25) is 0 Å². The van der Waals surface area contributed by atoms with E-state index in [4.69, 9.17) is 0 Å². The summed E-state index contributed by atoms with van der Waals surface area (Å²) in [7, 11) is 0. The van der Waals surface area contributed by atoms with Crippen LogP contribution >= 0.6 is 0 Å². The second-order valence-electron chi connectivity index (χ2n) is 17.9. The summed E-state index contributed by atoms with van der Waals surface area (Å²) in [4.78, 5) is 5.06. The van der Waals surface area contributed by atoms with Crippen molar-refractivity contribution in [3.05, 3.63) is 231 Å². The Balaban J connectivity index is 1.05. The third-order valence-electron chi connectivity index (χ3n) is 15.0. The third kappa shape index (κ3) is 4.57. The van der Waals surface area contributed by atoms with Crippen LogP contribution in [0.25, 0.3) is 49.7 Å². The molecule has 0 amide bonds. The van der Waals surface area contributed by atoms with Gasteiger partial charge in [0.15, 0.2) is 0 Å². The zero-order chi connectivity index (χ0) is 42.4. The molecular weight excluding hydrogens is 846 g/mol. The van der Waals surface area contributed by atoms with Crippen molar-refractivity contribution >= 4 is 110 Å². The Morgan fingerprint density at radius 3 is 1.49 bits per heavy atom. The fourth-order valence-electron chi connectivity index (χ4n) is 12.6. The second kappa shape index (κ2) is 13.1.